The van der Waals surface area contributed by atoms with Gasteiger partial charge in [-0.2, -0.15) is 5.10 Å². The van der Waals surface area contributed by atoms with Crippen molar-refractivity contribution in [3.05, 3.63) is 83.4 Å². The van der Waals surface area contributed by atoms with Gasteiger partial charge in [-0.3, -0.25) is 29.5 Å². The zero-order chi connectivity index (χ0) is 29.9. The molecule has 7 rings (SSSR count). The molecule has 2 aromatic heterocycles. The van der Waals surface area contributed by atoms with E-state index >= 15 is 4.39 Å². The average molecular weight is 582 g/mol. The predicted molar refractivity (Wildman–Crippen MR) is 160 cm³/mol. The summed E-state index contributed by atoms with van der Waals surface area (Å²) >= 11 is 0. The highest BCUT2D eigenvalue weighted by Gasteiger charge is 2.50. The van der Waals surface area contributed by atoms with E-state index in [9.17, 15) is 14.7 Å². The van der Waals surface area contributed by atoms with Crippen LogP contribution in [0.15, 0.2) is 60.9 Å². The van der Waals surface area contributed by atoms with E-state index in [1.807, 2.05) is 13.8 Å². The quantitative estimate of drug-likeness (QED) is 0.303. The SMILES string of the molecule is CC1(C)CN(Cc2ccc(-c3ccn(C4CC4)n3)cc2)CC[C@@]1(O)c1ccc2ncc([C@H]3CCC(=O)NC3=O)cc2c1F. The van der Waals surface area contributed by atoms with Crippen LogP contribution in [0.25, 0.3) is 22.2 Å². The van der Waals surface area contributed by atoms with Crippen molar-refractivity contribution in [1.82, 2.24) is 25.0 Å². The summed E-state index contributed by atoms with van der Waals surface area (Å²) in [5, 5.41) is 19.5. The molecule has 3 fully saturated rings. The lowest BCUT2D eigenvalue weighted by molar-refractivity contribution is -0.134. The van der Waals surface area contributed by atoms with Crippen molar-refractivity contribution in [3.8, 4) is 11.3 Å². The van der Waals surface area contributed by atoms with Gasteiger partial charge in [-0.05, 0) is 55.0 Å². The van der Waals surface area contributed by atoms with Crippen LogP contribution in [0.3, 0.4) is 0 Å². The molecule has 222 valence electrons. The fraction of sp³-hybridized carbons (Fsp3) is 0.412. The van der Waals surface area contributed by atoms with Crippen LogP contribution in [0.1, 0.15) is 74.6 Å². The topological polar surface area (TPSA) is 100 Å². The van der Waals surface area contributed by atoms with Crippen LogP contribution in [0.2, 0.25) is 0 Å². The van der Waals surface area contributed by atoms with E-state index in [0.717, 1.165) is 17.8 Å². The van der Waals surface area contributed by atoms with Crippen molar-refractivity contribution < 1.29 is 19.1 Å². The third-order valence-electron chi connectivity index (χ3n) is 9.62. The van der Waals surface area contributed by atoms with E-state index in [2.05, 4.69) is 56.4 Å². The minimum absolute atomic E-state index is 0.233. The number of rotatable bonds is 6. The van der Waals surface area contributed by atoms with Gasteiger partial charge in [0.1, 0.15) is 5.82 Å². The molecule has 4 heterocycles. The van der Waals surface area contributed by atoms with E-state index in [0.29, 0.717) is 43.1 Å². The van der Waals surface area contributed by atoms with Crippen LogP contribution in [0, 0.1) is 11.2 Å². The van der Waals surface area contributed by atoms with Crippen LogP contribution in [-0.4, -0.2) is 49.7 Å². The summed E-state index contributed by atoms with van der Waals surface area (Å²) in [6.45, 7) is 5.90. The van der Waals surface area contributed by atoms with Crippen molar-refractivity contribution >= 4 is 22.7 Å². The molecule has 1 aliphatic carbocycles. The zero-order valence-electron chi connectivity index (χ0n) is 24.5. The Balaban J connectivity index is 1.09. The molecular weight excluding hydrogens is 545 g/mol. The molecule has 3 aliphatic rings. The molecular formula is C34H36FN5O3. The van der Waals surface area contributed by atoms with Crippen molar-refractivity contribution in [2.45, 2.75) is 70.1 Å². The number of piperidine rings is 2. The molecule has 0 bridgehead atoms. The molecule has 2 aromatic carbocycles. The number of benzene rings is 2. The first-order valence-electron chi connectivity index (χ1n) is 15.1. The lowest BCUT2D eigenvalue weighted by atomic mass is 9.66. The van der Waals surface area contributed by atoms with Crippen LogP contribution < -0.4 is 5.32 Å². The Kier molecular flexibility index (Phi) is 6.70. The summed E-state index contributed by atoms with van der Waals surface area (Å²) in [7, 11) is 0. The fourth-order valence-electron chi connectivity index (χ4n) is 6.84. The minimum atomic E-state index is -1.39. The molecule has 43 heavy (non-hydrogen) atoms. The molecule has 0 unspecified atom stereocenters. The highest BCUT2D eigenvalue weighted by Crippen LogP contribution is 2.48. The number of pyridine rings is 1. The molecule has 2 atom stereocenters. The summed E-state index contributed by atoms with van der Waals surface area (Å²) in [6.07, 6.45) is 7.02. The number of fused-ring (bicyclic) bond motifs is 1. The first-order valence-corrected chi connectivity index (χ1v) is 15.1. The van der Waals surface area contributed by atoms with Gasteiger partial charge in [0.15, 0.2) is 0 Å². The van der Waals surface area contributed by atoms with E-state index in [1.54, 1.807) is 24.4 Å². The Morgan fingerprint density at radius 1 is 1.07 bits per heavy atom. The second-order valence-electron chi connectivity index (χ2n) is 13.1. The molecule has 0 radical (unpaired) electrons. The second-order valence-corrected chi connectivity index (χ2v) is 13.1. The highest BCUT2D eigenvalue weighted by molar-refractivity contribution is 6.01. The summed E-state index contributed by atoms with van der Waals surface area (Å²) in [4.78, 5) is 30.8. The molecule has 2 N–H and O–H groups in total. The van der Waals surface area contributed by atoms with Crippen LogP contribution in [0.4, 0.5) is 4.39 Å². The van der Waals surface area contributed by atoms with Crippen LogP contribution in [-0.2, 0) is 21.7 Å². The number of hydrogen-bond donors (Lipinski definition) is 2. The van der Waals surface area contributed by atoms with Gasteiger partial charge in [0, 0.05) is 60.4 Å². The summed E-state index contributed by atoms with van der Waals surface area (Å²) < 4.78 is 18.3. The molecule has 0 spiro atoms. The number of aliphatic hydroxyl groups is 1. The summed E-state index contributed by atoms with van der Waals surface area (Å²) in [5.41, 5.74) is 2.49. The Labute approximate surface area is 249 Å². The Bertz CT molecular complexity index is 1730. The number of imide groups is 1. The van der Waals surface area contributed by atoms with E-state index in [-0.39, 0.29) is 29.2 Å². The third-order valence-corrected chi connectivity index (χ3v) is 9.62. The number of carbonyl (C=O) groups excluding carboxylic acids is 2. The lowest BCUT2D eigenvalue weighted by Crippen LogP contribution is -2.55. The molecule has 4 aromatic rings. The molecule has 1 saturated carbocycles. The van der Waals surface area contributed by atoms with Crippen molar-refractivity contribution in [3.63, 3.8) is 0 Å². The third kappa shape index (κ3) is 5.04. The predicted octanol–water partition coefficient (Wildman–Crippen LogP) is 5.21. The highest BCUT2D eigenvalue weighted by atomic mass is 19.1. The average Bonchev–Trinajstić information content (AvgIpc) is 3.72. The summed E-state index contributed by atoms with van der Waals surface area (Å²) in [5.74, 6) is -1.76. The molecule has 9 heteroatoms. The van der Waals surface area contributed by atoms with E-state index < -0.39 is 22.8 Å². The number of halogens is 1. The first-order chi connectivity index (χ1) is 20.6. The van der Waals surface area contributed by atoms with Gasteiger partial charge < -0.3 is 5.11 Å². The van der Waals surface area contributed by atoms with Gasteiger partial charge in [0.25, 0.3) is 0 Å². The molecule has 2 amide bonds. The van der Waals surface area contributed by atoms with Crippen molar-refractivity contribution in [2.24, 2.45) is 5.41 Å². The fourth-order valence-corrected chi connectivity index (χ4v) is 6.84. The van der Waals surface area contributed by atoms with Gasteiger partial charge in [0.2, 0.25) is 11.8 Å². The number of nitrogens with one attached hydrogen (secondary N) is 1. The van der Waals surface area contributed by atoms with Gasteiger partial charge in [-0.25, -0.2) is 4.39 Å². The van der Waals surface area contributed by atoms with Crippen molar-refractivity contribution in [2.75, 3.05) is 13.1 Å². The van der Waals surface area contributed by atoms with E-state index in [4.69, 9.17) is 5.10 Å². The maximum Gasteiger partial charge on any atom is 0.234 e. The number of aromatic nitrogens is 3. The number of hydrogen-bond acceptors (Lipinski definition) is 6. The van der Waals surface area contributed by atoms with Crippen molar-refractivity contribution in [1.29, 1.82) is 0 Å². The molecule has 2 aliphatic heterocycles. The largest absolute Gasteiger partial charge is 0.384 e. The monoisotopic (exact) mass is 581 g/mol. The Hall–Kier alpha value is -3.95. The minimum Gasteiger partial charge on any atom is -0.384 e. The van der Waals surface area contributed by atoms with Gasteiger partial charge >= 0.3 is 0 Å². The Morgan fingerprint density at radius 2 is 1.86 bits per heavy atom. The van der Waals surface area contributed by atoms with Gasteiger partial charge in [-0.15, -0.1) is 0 Å². The number of carbonyl (C=O) groups is 2. The standard InChI is InChI=1S/C34H36FN5O3/c1-33(2)20-39(19-21-3-5-22(6-4-21)28-13-15-40(38-28)24-7-8-24)16-14-34(33,43)27-10-11-29-26(31(27)35)17-23(18-36-29)25-9-12-30(41)37-32(25)42/h3-6,10-11,13,15,17-18,24-25,43H,7-9,12,14,16,19-20H2,1-2H3,(H,37,41,42)/t25-,34-/m1/s1. The zero-order valence-corrected chi connectivity index (χ0v) is 24.5. The first kappa shape index (κ1) is 27.9. The number of amides is 2. The molecule has 8 nitrogen and oxygen atoms in total. The maximum absolute atomic E-state index is 16.2. The lowest BCUT2D eigenvalue weighted by Gasteiger charge is -2.50. The molecule has 2 saturated heterocycles. The Morgan fingerprint density at radius 3 is 2.58 bits per heavy atom. The normalized spacial score (nSPS) is 24.3. The van der Waals surface area contributed by atoms with Crippen LogP contribution >= 0.6 is 0 Å². The van der Waals surface area contributed by atoms with Gasteiger partial charge in [-0.1, -0.05) is 44.2 Å². The summed E-state index contributed by atoms with van der Waals surface area (Å²) in [6, 6.07) is 16.2. The number of likely N-dealkylation sites (tertiary alicyclic amines) is 1. The van der Waals surface area contributed by atoms with Crippen LogP contribution in [0.5, 0.6) is 0 Å². The second kappa shape index (κ2) is 10.3. The maximum atomic E-state index is 16.2. The van der Waals surface area contributed by atoms with E-state index in [1.165, 1.54) is 18.4 Å². The van der Waals surface area contributed by atoms with Gasteiger partial charge in [0.05, 0.1) is 28.8 Å². The number of nitrogens with zero attached hydrogens (tertiary/aromatic N) is 4. The smallest absolute Gasteiger partial charge is 0.234 e.